The highest BCUT2D eigenvalue weighted by atomic mass is 16.4. The van der Waals surface area contributed by atoms with Crippen molar-refractivity contribution in [2.75, 3.05) is 0 Å². The highest BCUT2D eigenvalue weighted by Crippen LogP contribution is 1.86. The molecule has 0 saturated heterocycles. The Balaban J connectivity index is 0.000001000. The molecule has 0 unspecified atom stereocenters. The van der Waals surface area contributed by atoms with Crippen LogP contribution < -0.4 is 5.46 Å². The Labute approximate surface area is 65.0 Å². The number of aromatic nitrogens is 1. The van der Waals surface area contributed by atoms with Crippen LogP contribution in [0.5, 0.6) is 0 Å². The second-order valence-electron chi connectivity index (χ2n) is 2.11. The minimum absolute atomic E-state index is 0. The molecule has 0 aliphatic rings. The van der Waals surface area contributed by atoms with Crippen molar-refractivity contribution in [1.29, 1.82) is 0 Å². The van der Waals surface area contributed by atoms with Crippen molar-refractivity contribution in [3.8, 4) is 0 Å². The van der Waals surface area contributed by atoms with E-state index >= 15 is 0 Å². The Morgan fingerprint density at radius 2 is 2.00 bits per heavy atom. The molecule has 4 N–H and O–H groups in total. The molecule has 1 aromatic heterocycles. The van der Waals surface area contributed by atoms with E-state index in [0.717, 1.165) is 5.69 Å². The van der Waals surface area contributed by atoms with E-state index in [2.05, 4.69) is 4.98 Å². The highest BCUT2D eigenvalue weighted by molar-refractivity contribution is 6.58. The molecule has 0 atom stereocenters. The van der Waals surface area contributed by atoms with E-state index in [0.29, 0.717) is 5.46 Å². The summed E-state index contributed by atoms with van der Waals surface area (Å²) in [4.78, 5) is 3.88. The van der Waals surface area contributed by atoms with Crippen molar-refractivity contribution < 1.29 is 15.5 Å². The zero-order valence-corrected chi connectivity index (χ0v) is 6.15. The van der Waals surface area contributed by atoms with Gasteiger partial charge < -0.3 is 15.5 Å². The predicted octanol–water partition coefficient (Wildman–Crippen LogP) is -1.75. The maximum absolute atomic E-state index is 8.63. The van der Waals surface area contributed by atoms with Gasteiger partial charge >= 0.3 is 7.12 Å². The summed E-state index contributed by atoms with van der Waals surface area (Å²) in [6, 6.07) is 3.36. The summed E-state index contributed by atoms with van der Waals surface area (Å²) in [7, 11) is -1.41. The number of hydrogen-bond acceptors (Lipinski definition) is 3. The van der Waals surface area contributed by atoms with Crippen LogP contribution in [-0.2, 0) is 0 Å². The second kappa shape index (κ2) is 4.07. The predicted molar refractivity (Wildman–Crippen MR) is 42.4 cm³/mol. The van der Waals surface area contributed by atoms with Crippen molar-refractivity contribution >= 4 is 12.6 Å². The smallest absolute Gasteiger partial charge is 0.423 e. The van der Waals surface area contributed by atoms with E-state index in [1.807, 2.05) is 6.92 Å². The Kier molecular flexibility index (Phi) is 3.74. The lowest BCUT2D eigenvalue weighted by molar-refractivity contribution is 0.425. The van der Waals surface area contributed by atoms with Gasteiger partial charge in [-0.25, -0.2) is 0 Å². The number of nitrogens with zero attached hydrogens (tertiary/aromatic N) is 1. The highest BCUT2D eigenvalue weighted by Gasteiger charge is 2.09. The summed E-state index contributed by atoms with van der Waals surface area (Å²) >= 11 is 0. The van der Waals surface area contributed by atoms with Crippen LogP contribution in [0.4, 0.5) is 0 Å². The van der Waals surface area contributed by atoms with Crippen LogP contribution >= 0.6 is 0 Å². The maximum atomic E-state index is 8.63. The van der Waals surface area contributed by atoms with E-state index in [1.54, 1.807) is 12.1 Å². The first-order valence-electron chi connectivity index (χ1n) is 2.99. The third-order valence-electron chi connectivity index (χ3n) is 1.23. The summed E-state index contributed by atoms with van der Waals surface area (Å²) < 4.78 is 0. The van der Waals surface area contributed by atoms with E-state index < -0.39 is 7.12 Å². The topological polar surface area (TPSA) is 84.8 Å². The number of pyridine rings is 1. The molecule has 4 nitrogen and oxygen atoms in total. The van der Waals surface area contributed by atoms with Gasteiger partial charge in [0, 0.05) is 17.4 Å². The van der Waals surface area contributed by atoms with Crippen LogP contribution in [0.25, 0.3) is 0 Å². The largest absolute Gasteiger partial charge is 0.490 e. The second-order valence-corrected chi connectivity index (χ2v) is 2.11. The number of rotatable bonds is 1. The minimum atomic E-state index is -1.41. The first kappa shape index (κ1) is 10.1. The Morgan fingerprint density at radius 1 is 1.36 bits per heavy atom. The van der Waals surface area contributed by atoms with Gasteiger partial charge in [-0.15, -0.1) is 0 Å². The summed E-state index contributed by atoms with van der Waals surface area (Å²) in [6.45, 7) is 1.84. The van der Waals surface area contributed by atoms with Gasteiger partial charge in [0.1, 0.15) is 0 Å². The fourth-order valence-corrected chi connectivity index (χ4v) is 0.632. The third-order valence-corrected chi connectivity index (χ3v) is 1.23. The molecule has 0 fully saturated rings. The van der Waals surface area contributed by atoms with Crippen LogP contribution in [0, 0.1) is 6.92 Å². The van der Waals surface area contributed by atoms with Crippen molar-refractivity contribution in [2.45, 2.75) is 6.92 Å². The zero-order chi connectivity index (χ0) is 7.56. The van der Waals surface area contributed by atoms with Gasteiger partial charge in [0.15, 0.2) is 0 Å². The molecule has 5 heteroatoms. The fourth-order valence-electron chi connectivity index (χ4n) is 0.632. The van der Waals surface area contributed by atoms with Gasteiger partial charge in [-0.3, -0.25) is 4.98 Å². The van der Waals surface area contributed by atoms with Gasteiger partial charge in [0.2, 0.25) is 0 Å². The number of hydrogen-bond donors (Lipinski definition) is 2. The van der Waals surface area contributed by atoms with E-state index in [9.17, 15) is 0 Å². The molecule has 1 rings (SSSR count). The molecular weight excluding hydrogens is 145 g/mol. The van der Waals surface area contributed by atoms with Crippen molar-refractivity contribution in [2.24, 2.45) is 0 Å². The summed E-state index contributed by atoms with van der Waals surface area (Å²) in [5, 5.41) is 17.3. The summed E-state index contributed by atoms with van der Waals surface area (Å²) in [6.07, 6.45) is 1.44. The normalized spacial score (nSPS) is 8.64. The lowest BCUT2D eigenvalue weighted by Gasteiger charge is -1.96. The number of aryl methyl sites for hydroxylation is 1. The Bertz CT molecular complexity index is 212. The van der Waals surface area contributed by atoms with Crippen LogP contribution in [0.1, 0.15) is 5.69 Å². The monoisotopic (exact) mass is 155 g/mol. The first-order valence-corrected chi connectivity index (χ1v) is 2.99. The fraction of sp³-hybridized carbons (Fsp3) is 0.167. The molecule has 0 aromatic carbocycles. The molecule has 0 bridgehead atoms. The average molecular weight is 155 g/mol. The lowest BCUT2D eigenvalue weighted by Crippen LogP contribution is -2.29. The molecule has 1 aromatic rings. The van der Waals surface area contributed by atoms with Crippen molar-refractivity contribution in [3.05, 3.63) is 24.0 Å². The molecule has 11 heavy (non-hydrogen) atoms. The van der Waals surface area contributed by atoms with Crippen molar-refractivity contribution in [3.63, 3.8) is 0 Å². The summed E-state index contributed by atoms with van der Waals surface area (Å²) in [5.41, 5.74) is 1.29. The van der Waals surface area contributed by atoms with Crippen molar-refractivity contribution in [1.82, 2.24) is 4.98 Å². The summed E-state index contributed by atoms with van der Waals surface area (Å²) in [5.74, 6) is 0. The molecule has 0 aliphatic carbocycles. The molecule has 60 valence electrons. The SMILES string of the molecule is Cc1ccc(B(O)O)cn1.O. The maximum Gasteiger partial charge on any atom is 0.490 e. The van der Waals surface area contributed by atoms with Gasteiger partial charge in [-0.1, -0.05) is 6.07 Å². The van der Waals surface area contributed by atoms with Crippen LogP contribution in [0.2, 0.25) is 0 Å². The van der Waals surface area contributed by atoms with E-state index in [-0.39, 0.29) is 5.48 Å². The van der Waals surface area contributed by atoms with E-state index in [1.165, 1.54) is 6.20 Å². The quantitative estimate of drug-likeness (QED) is 0.471. The average Bonchev–Trinajstić information content (AvgIpc) is 1.88. The Morgan fingerprint density at radius 3 is 2.36 bits per heavy atom. The molecule has 0 amide bonds. The first-order chi connectivity index (χ1) is 4.70. The van der Waals surface area contributed by atoms with Gasteiger partial charge in [-0.2, -0.15) is 0 Å². The molecule has 0 aliphatic heterocycles. The molecular formula is C6H10BNO3. The Hall–Kier alpha value is -0.905. The van der Waals surface area contributed by atoms with Crippen LogP contribution in [-0.4, -0.2) is 27.6 Å². The van der Waals surface area contributed by atoms with Crippen LogP contribution in [0.15, 0.2) is 18.3 Å². The van der Waals surface area contributed by atoms with E-state index in [4.69, 9.17) is 10.0 Å². The van der Waals surface area contributed by atoms with Gasteiger partial charge in [-0.05, 0) is 13.0 Å². The lowest BCUT2D eigenvalue weighted by atomic mass is 9.82. The van der Waals surface area contributed by atoms with Gasteiger partial charge in [0.25, 0.3) is 0 Å². The minimum Gasteiger partial charge on any atom is -0.423 e. The molecule has 0 spiro atoms. The third kappa shape index (κ3) is 2.67. The zero-order valence-electron chi connectivity index (χ0n) is 6.15. The van der Waals surface area contributed by atoms with Gasteiger partial charge in [0.05, 0.1) is 0 Å². The molecule has 0 radical (unpaired) electrons. The molecule has 1 heterocycles. The van der Waals surface area contributed by atoms with Crippen LogP contribution in [0.3, 0.4) is 0 Å². The molecule has 0 saturated carbocycles. The standard InChI is InChI=1S/C6H8BNO2.H2O/c1-5-2-3-6(4-8-5)7(9)10;/h2-4,9-10H,1H3;1H2.